The summed E-state index contributed by atoms with van der Waals surface area (Å²) in [4.78, 5) is 0. The summed E-state index contributed by atoms with van der Waals surface area (Å²) in [5.74, 6) is 0. The van der Waals surface area contributed by atoms with Gasteiger partial charge in [-0.1, -0.05) is 63.2 Å². The predicted octanol–water partition coefficient (Wildman–Crippen LogP) is 7.94. The van der Waals surface area contributed by atoms with Gasteiger partial charge in [0.25, 0.3) is 0 Å². The summed E-state index contributed by atoms with van der Waals surface area (Å²) in [5, 5.41) is 2.36. The maximum Gasteiger partial charge on any atom is 0.135 e. The molecule has 0 radical (unpaired) electrons. The lowest BCUT2D eigenvalue weighted by Crippen LogP contribution is -2.30. The van der Waals surface area contributed by atoms with E-state index in [1.54, 1.807) is 0 Å². The smallest absolute Gasteiger partial charge is 0.135 e. The zero-order valence-corrected chi connectivity index (χ0v) is 20.0. The SMILES string of the molecule is CC(C)N(c1c(-c2ccc3oc4ccccc4c3c2)cccc1C(C)(C)C)[SH](C)C. The minimum Gasteiger partial charge on any atom is -0.456 e. The Bertz CT molecular complexity index is 1190. The summed E-state index contributed by atoms with van der Waals surface area (Å²) >= 11 is -0.288. The molecule has 4 aromatic rings. The standard InChI is InChI=1S/C27H33NOS/c1-18(2)28(30(6)7)26-20(12-10-13-23(26)27(3,4)5)19-15-16-25-22(17-19)21-11-8-9-14-24(21)29-25/h8-18,30H,1-7H3. The topological polar surface area (TPSA) is 16.4 Å². The zero-order chi connectivity index (χ0) is 21.6. The van der Waals surface area contributed by atoms with Crippen molar-refractivity contribution in [3.63, 3.8) is 0 Å². The summed E-state index contributed by atoms with van der Waals surface area (Å²) in [6.07, 6.45) is 4.71. The van der Waals surface area contributed by atoms with E-state index in [4.69, 9.17) is 4.42 Å². The third-order valence-electron chi connectivity index (χ3n) is 5.68. The van der Waals surface area contributed by atoms with Gasteiger partial charge in [0, 0.05) is 22.4 Å². The number of thiol groups is 1. The lowest BCUT2D eigenvalue weighted by atomic mass is 9.83. The molecule has 0 fully saturated rings. The van der Waals surface area contributed by atoms with E-state index in [0.717, 1.165) is 11.2 Å². The number of benzene rings is 3. The Hall–Kier alpha value is -2.39. The second kappa shape index (κ2) is 7.70. The van der Waals surface area contributed by atoms with Gasteiger partial charge in [0.05, 0.1) is 5.69 Å². The normalized spacial score (nSPS) is 12.7. The minimum absolute atomic E-state index is 0.0657. The van der Waals surface area contributed by atoms with Crippen LogP contribution in [-0.4, -0.2) is 18.6 Å². The highest BCUT2D eigenvalue weighted by molar-refractivity contribution is 8.17. The molecule has 30 heavy (non-hydrogen) atoms. The third-order valence-corrected chi connectivity index (χ3v) is 7.20. The van der Waals surface area contributed by atoms with Gasteiger partial charge in [0.15, 0.2) is 0 Å². The Labute approximate surface area is 183 Å². The molecule has 0 aliphatic heterocycles. The molecule has 0 saturated carbocycles. The van der Waals surface area contributed by atoms with Crippen LogP contribution in [0.25, 0.3) is 33.1 Å². The van der Waals surface area contributed by atoms with Gasteiger partial charge < -0.3 is 8.72 Å². The van der Waals surface area contributed by atoms with Crippen molar-refractivity contribution in [1.29, 1.82) is 0 Å². The highest BCUT2D eigenvalue weighted by Gasteiger charge is 2.26. The molecule has 0 atom stereocenters. The van der Waals surface area contributed by atoms with Crippen molar-refractivity contribution in [3.05, 3.63) is 66.2 Å². The van der Waals surface area contributed by atoms with Crippen molar-refractivity contribution in [2.75, 3.05) is 16.8 Å². The van der Waals surface area contributed by atoms with Gasteiger partial charge in [-0.2, -0.15) is 11.1 Å². The first kappa shape index (κ1) is 20.9. The maximum absolute atomic E-state index is 6.07. The summed E-state index contributed by atoms with van der Waals surface area (Å²) in [5.41, 5.74) is 7.30. The molecule has 0 unspecified atom stereocenters. The van der Waals surface area contributed by atoms with E-state index in [2.05, 4.69) is 100.0 Å². The molecule has 0 amide bonds. The number of hydrogen-bond acceptors (Lipinski definition) is 2. The molecule has 0 spiro atoms. The van der Waals surface area contributed by atoms with Crippen LogP contribution in [0.15, 0.2) is 65.1 Å². The van der Waals surface area contributed by atoms with Gasteiger partial charge in [0.1, 0.15) is 11.2 Å². The molecule has 0 aliphatic rings. The lowest BCUT2D eigenvalue weighted by Gasteiger charge is -2.40. The Balaban J connectivity index is 2.02. The highest BCUT2D eigenvalue weighted by atomic mass is 32.2. The predicted molar refractivity (Wildman–Crippen MR) is 136 cm³/mol. The summed E-state index contributed by atoms with van der Waals surface area (Å²) < 4.78 is 8.70. The van der Waals surface area contributed by atoms with E-state index in [1.165, 1.54) is 33.2 Å². The molecular weight excluding hydrogens is 386 g/mol. The molecule has 3 heteroatoms. The fourth-order valence-corrected chi connectivity index (χ4v) is 5.98. The summed E-state index contributed by atoms with van der Waals surface area (Å²) in [7, 11) is 0. The quantitative estimate of drug-likeness (QED) is 0.338. The number of rotatable bonds is 4. The molecule has 158 valence electrons. The van der Waals surface area contributed by atoms with E-state index < -0.39 is 0 Å². The van der Waals surface area contributed by atoms with Gasteiger partial charge >= 0.3 is 0 Å². The van der Waals surface area contributed by atoms with Crippen LogP contribution in [0.3, 0.4) is 0 Å². The Morgan fingerprint density at radius 1 is 0.833 bits per heavy atom. The van der Waals surface area contributed by atoms with Gasteiger partial charge in [-0.15, -0.1) is 0 Å². The molecule has 4 rings (SSSR count). The van der Waals surface area contributed by atoms with Crippen LogP contribution in [0, 0.1) is 0 Å². The maximum atomic E-state index is 6.07. The van der Waals surface area contributed by atoms with Crippen molar-refractivity contribution in [3.8, 4) is 11.1 Å². The number of para-hydroxylation sites is 2. The monoisotopic (exact) mass is 419 g/mol. The van der Waals surface area contributed by atoms with E-state index in [0.29, 0.717) is 6.04 Å². The first-order valence-electron chi connectivity index (χ1n) is 10.7. The number of anilines is 1. The average molecular weight is 420 g/mol. The van der Waals surface area contributed by atoms with Crippen LogP contribution in [0.5, 0.6) is 0 Å². The van der Waals surface area contributed by atoms with Crippen molar-refractivity contribution in [1.82, 2.24) is 0 Å². The van der Waals surface area contributed by atoms with Gasteiger partial charge in [-0.3, -0.25) is 0 Å². The number of furan rings is 1. The molecule has 0 aliphatic carbocycles. The first-order chi connectivity index (χ1) is 14.2. The van der Waals surface area contributed by atoms with Crippen molar-refractivity contribution >= 4 is 38.7 Å². The van der Waals surface area contributed by atoms with Gasteiger partial charge in [-0.05, 0) is 61.1 Å². The fraction of sp³-hybridized carbons (Fsp3) is 0.333. The van der Waals surface area contributed by atoms with Crippen LogP contribution in [0.4, 0.5) is 5.69 Å². The highest BCUT2D eigenvalue weighted by Crippen LogP contribution is 2.46. The van der Waals surface area contributed by atoms with Gasteiger partial charge in [0.2, 0.25) is 0 Å². The summed E-state index contributed by atoms with van der Waals surface area (Å²) in [6, 6.07) is 22.2. The zero-order valence-electron chi connectivity index (χ0n) is 19.2. The van der Waals surface area contributed by atoms with Crippen LogP contribution in [0.1, 0.15) is 40.2 Å². The van der Waals surface area contributed by atoms with E-state index in [9.17, 15) is 0 Å². The summed E-state index contributed by atoms with van der Waals surface area (Å²) in [6.45, 7) is 11.5. The molecular formula is C27H33NOS. The fourth-order valence-electron chi connectivity index (χ4n) is 4.44. The van der Waals surface area contributed by atoms with Crippen LogP contribution < -0.4 is 4.31 Å². The van der Waals surface area contributed by atoms with Crippen molar-refractivity contribution in [2.24, 2.45) is 0 Å². The molecule has 0 bridgehead atoms. The average Bonchev–Trinajstić information content (AvgIpc) is 3.04. The van der Waals surface area contributed by atoms with Crippen LogP contribution in [0.2, 0.25) is 0 Å². The molecule has 0 saturated heterocycles. The second-order valence-corrected chi connectivity index (χ2v) is 11.7. The van der Waals surface area contributed by atoms with E-state index >= 15 is 0 Å². The van der Waals surface area contributed by atoms with E-state index in [-0.39, 0.29) is 16.5 Å². The lowest BCUT2D eigenvalue weighted by molar-refractivity contribution is 0.589. The second-order valence-electron chi connectivity index (χ2n) is 9.55. The number of nitrogens with zero attached hydrogens (tertiary/aromatic N) is 1. The third kappa shape index (κ3) is 3.60. The molecule has 1 heterocycles. The minimum atomic E-state index is -0.288. The Morgan fingerprint density at radius 2 is 1.53 bits per heavy atom. The first-order valence-corrected chi connectivity index (χ1v) is 12.9. The Morgan fingerprint density at radius 3 is 2.20 bits per heavy atom. The molecule has 3 aromatic carbocycles. The largest absolute Gasteiger partial charge is 0.456 e. The van der Waals surface area contributed by atoms with Gasteiger partial charge in [-0.25, -0.2) is 0 Å². The molecule has 1 aromatic heterocycles. The Kier molecular flexibility index (Phi) is 5.36. The van der Waals surface area contributed by atoms with Crippen molar-refractivity contribution in [2.45, 2.75) is 46.1 Å². The van der Waals surface area contributed by atoms with E-state index in [1.807, 2.05) is 12.1 Å². The number of fused-ring (bicyclic) bond motifs is 3. The van der Waals surface area contributed by atoms with Crippen LogP contribution >= 0.6 is 11.1 Å². The molecule has 0 N–H and O–H groups in total. The molecule has 2 nitrogen and oxygen atoms in total. The van der Waals surface area contributed by atoms with Crippen molar-refractivity contribution < 1.29 is 4.42 Å². The van der Waals surface area contributed by atoms with Crippen LogP contribution in [-0.2, 0) is 5.41 Å². The number of hydrogen-bond donors (Lipinski definition) is 1.